The smallest absolute Gasteiger partial charge is 0.207 e. The van der Waals surface area contributed by atoms with Crippen molar-refractivity contribution in [3.63, 3.8) is 0 Å². The van der Waals surface area contributed by atoms with E-state index in [9.17, 15) is 0 Å². The van der Waals surface area contributed by atoms with Crippen molar-refractivity contribution in [1.29, 1.82) is 0 Å². The topological polar surface area (TPSA) is 74.3 Å². The molecule has 6 heteroatoms. The zero-order chi connectivity index (χ0) is 9.59. The predicted octanol–water partition coefficient (Wildman–Crippen LogP) is 0.567. The van der Waals surface area contributed by atoms with Gasteiger partial charge in [-0.1, -0.05) is 0 Å². The minimum atomic E-state index is 0.284. The number of fused-ring (bicyclic) bond motifs is 1. The first-order chi connectivity index (χ1) is 6.11. The van der Waals surface area contributed by atoms with Gasteiger partial charge < -0.3 is 16.0 Å². The Labute approximate surface area is 79.6 Å². The lowest BCUT2D eigenvalue weighted by atomic mass is 10.4. The lowest BCUT2D eigenvalue weighted by Gasteiger charge is -2.03. The second-order valence-electron chi connectivity index (χ2n) is 2.80. The second-order valence-corrected chi connectivity index (χ2v) is 3.16. The van der Waals surface area contributed by atoms with Crippen LogP contribution in [0, 0.1) is 4.77 Å². The number of imidazole rings is 1. The zero-order valence-corrected chi connectivity index (χ0v) is 7.88. The van der Waals surface area contributed by atoms with Crippen LogP contribution in [0.5, 0.6) is 0 Å². The molecule has 68 valence electrons. The van der Waals surface area contributed by atoms with E-state index in [0.29, 0.717) is 10.5 Å². The number of rotatable bonds is 0. The Balaban J connectivity index is 3.10. The molecule has 4 N–H and O–H groups in total. The maximum absolute atomic E-state index is 5.76. The fourth-order valence-electron chi connectivity index (χ4n) is 1.28. The fourth-order valence-corrected chi connectivity index (χ4v) is 1.53. The molecular weight excluding hydrogens is 186 g/mol. The first kappa shape index (κ1) is 8.06. The van der Waals surface area contributed by atoms with Gasteiger partial charge in [-0.2, -0.15) is 0 Å². The number of hydrogen-bond acceptors (Lipinski definition) is 4. The maximum Gasteiger partial charge on any atom is 0.207 e. The Kier molecular flexibility index (Phi) is 1.53. The summed E-state index contributed by atoms with van der Waals surface area (Å²) in [6, 6.07) is 0. The first-order valence-electron chi connectivity index (χ1n) is 3.70. The van der Waals surface area contributed by atoms with Gasteiger partial charge in [-0.25, -0.2) is 4.98 Å². The summed E-state index contributed by atoms with van der Waals surface area (Å²) in [5, 5.41) is 0. The molecule has 0 atom stereocenters. The minimum Gasteiger partial charge on any atom is -0.393 e. The molecule has 0 spiro atoms. The van der Waals surface area contributed by atoms with Crippen molar-refractivity contribution >= 4 is 29.4 Å². The summed E-state index contributed by atoms with van der Waals surface area (Å²) >= 11 is 5.02. The van der Waals surface area contributed by atoms with Crippen LogP contribution in [0.25, 0.3) is 5.65 Å². The quantitative estimate of drug-likeness (QED) is 0.602. The van der Waals surface area contributed by atoms with Crippen LogP contribution in [-0.2, 0) is 7.05 Å². The summed E-state index contributed by atoms with van der Waals surface area (Å²) in [4.78, 5) is 3.93. The van der Waals surface area contributed by atoms with E-state index in [2.05, 4.69) is 4.98 Å². The summed E-state index contributed by atoms with van der Waals surface area (Å²) in [5.74, 6) is 0.284. The third kappa shape index (κ3) is 0.988. The maximum atomic E-state index is 5.76. The number of nitrogens with two attached hydrogens (primary N) is 2. The molecule has 2 heterocycles. The van der Waals surface area contributed by atoms with Crippen LogP contribution in [0.3, 0.4) is 0 Å². The number of aromatic nitrogens is 3. The van der Waals surface area contributed by atoms with Gasteiger partial charge >= 0.3 is 0 Å². The SMILES string of the molecule is Cn1ccn2c(=S)nc(N)c(N)c12. The van der Waals surface area contributed by atoms with Gasteiger partial charge in [-0.15, -0.1) is 0 Å². The van der Waals surface area contributed by atoms with E-state index in [0.717, 1.165) is 5.65 Å². The van der Waals surface area contributed by atoms with Crippen molar-refractivity contribution in [3.05, 3.63) is 17.2 Å². The fraction of sp³-hybridized carbons (Fsp3) is 0.143. The average Bonchev–Trinajstić information content (AvgIpc) is 2.44. The molecule has 0 saturated carbocycles. The van der Waals surface area contributed by atoms with Crippen LogP contribution in [0.4, 0.5) is 11.5 Å². The standard InChI is InChI=1S/C7H9N5S/c1-11-2-3-12-6(11)4(8)5(9)10-7(12)13/h2-3H,8H2,1H3,(H2,9,10,13). The van der Waals surface area contributed by atoms with Crippen LogP contribution in [0.2, 0.25) is 0 Å². The van der Waals surface area contributed by atoms with Crippen molar-refractivity contribution in [3.8, 4) is 0 Å². The summed E-state index contributed by atoms with van der Waals surface area (Å²) in [6.07, 6.45) is 3.66. The van der Waals surface area contributed by atoms with Crippen molar-refractivity contribution < 1.29 is 0 Å². The molecule has 0 bridgehead atoms. The van der Waals surface area contributed by atoms with Gasteiger partial charge in [0.2, 0.25) is 4.77 Å². The largest absolute Gasteiger partial charge is 0.393 e. The molecule has 5 nitrogen and oxygen atoms in total. The van der Waals surface area contributed by atoms with E-state index in [4.69, 9.17) is 23.7 Å². The summed E-state index contributed by atoms with van der Waals surface area (Å²) in [5.41, 5.74) is 12.6. The molecule has 0 amide bonds. The highest BCUT2D eigenvalue weighted by atomic mass is 32.1. The highest BCUT2D eigenvalue weighted by molar-refractivity contribution is 7.71. The van der Waals surface area contributed by atoms with Gasteiger partial charge in [0.15, 0.2) is 5.82 Å². The lowest BCUT2D eigenvalue weighted by molar-refractivity contribution is 0.944. The molecule has 2 aromatic rings. The van der Waals surface area contributed by atoms with Gasteiger partial charge in [-0.3, -0.25) is 4.40 Å². The summed E-state index contributed by atoms with van der Waals surface area (Å²) in [6.45, 7) is 0. The third-order valence-electron chi connectivity index (χ3n) is 1.94. The first-order valence-corrected chi connectivity index (χ1v) is 4.10. The number of hydrogen-bond donors (Lipinski definition) is 2. The van der Waals surface area contributed by atoms with E-state index in [1.807, 2.05) is 17.8 Å². The van der Waals surface area contributed by atoms with Crippen molar-refractivity contribution in [2.75, 3.05) is 11.5 Å². The van der Waals surface area contributed by atoms with Gasteiger partial charge in [0.25, 0.3) is 0 Å². The van der Waals surface area contributed by atoms with E-state index < -0.39 is 0 Å². The number of aryl methyl sites for hydroxylation is 1. The molecule has 0 unspecified atom stereocenters. The van der Waals surface area contributed by atoms with Crippen molar-refractivity contribution in [2.24, 2.45) is 7.05 Å². The average molecular weight is 195 g/mol. The highest BCUT2D eigenvalue weighted by Gasteiger charge is 2.06. The molecule has 0 saturated heterocycles. The van der Waals surface area contributed by atoms with Crippen molar-refractivity contribution in [1.82, 2.24) is 14.0 Å². The molecular formula is C7H9N5S. The Morgan fingerprint density at radius 1 is 1.38 bits per heavy atom. The Morgan fingerprint density at radius 2 is 2.08 bits per heavy atom. The Morgan fingerprint density at radius 3 is 2.77 bits per heavy atom. The molecule has 0 aliphatic heterocycles. The van der Waals surface area contributed by atoms with Crippen LogP contribution in [0.15, 0.2) is 12.4 Å². The van der Waals surface area contributed by atoms with Crippen LogP contribution in [0.1, 0.15) is 0 Å². The van der Waals surface area contributed by atoms with Gasteiger partial charge in [0, 0.05) is 19.4 Å². The van der Waals surface area contributed by atoms with Crippen LogP contribution in [-0.4, -0.2) is 14.0 Å². The molecule has 0 aliphatic rings. The van der Waals surface area contributed by atoms with Gasteiger partial charge in [0.1, 0.15) is 11.3 Å². The molecule has 13 heavy (non-hydrogen) atoms. The number of anilines is 2. The molecule has 0 radical (unpaired) electrons. The number of nitrogen functional groups attached to an aromatic ring is 2. The highest BCUT2D eigenvalue weighted by Crippen LogP contribution is 2.18. The molecule has 0 aliphatic carbocycles. The van der Waals surface area contributed by atoms with E-state index in [1.165, 1.54) is 0 Å². The summed E-state index contributed by atoms with van der Waals surface area (Å²) < 4.78 is 3.99. The molecule has 2 rings (SSSR count). The molecule has 0 aromatic carbocycles. The van der Waals surface area contributed by atoms with E-state index in [1.54, 1.807) is 10.6 Å². The third-order valence-corrected chi connectivity index (χ3v) is 2.23. The normalized spacial score (nSPS) is 10.8. The summed E-state index contributed by atoms with van der Waals surface area (Å²) in [7, 11) is 1.87. The van der Waals surface area contributed by atoms with Gasteiger partial charge in [0.05, 0.1) is 0 Å². The monoisotopic (exact) mass is 195 g/mol. The van der Waals surface area contributed by atoms with Crippen LogP contribution >= 0.6 is 12.2 Å². The Bertz CT molecular complexity index is 523. The van der Waals surface area contributed by atoms with E-state index in [-0.39, 0.29) is 5.82 Å². The number of nitrogens with zero attached hydrogens (tertiary/aromatic N) is 3. The predicted molar refractivity (Wildman–Crippen MR) is 53.8 cm³/mol. The second kappa shape index (κ2) is 2.46. The molecule has 0 fully saturated rings. The Hall–Kier alpha value is -1.56. The minimum absolute atomic E-state index is 0.284. The lowest BCUT2D eigenvalue weighted by Crippen LogP contribution is -2.05. The van der Waals surface area contributed by atoms with Gasteiger partial charge in [-0.05, 0) is 12.2 Å². The van der Waals surface area contributed by atoms with Crippen LogP contribution < -0.4 is 11.5 Å². The zero-order valence-electron chi connectivity index (χ0n) is 7.06. The molecule has 2 aromatic heterocycles. The van der Waals surface area contributed by atoms with E-state index >= 15 is 0 Å². The van der Waals surface area contributed by atoms with Crippen molar-refractivity contribution in [2.45, 2.75) is 0 Å².